The first kappa shape index (κ1) is 22.3. The Labute approximate surface area is 205 Å². The van der Waals surface area contributed by atoms with E-state index in [1.54, 1.807) is 6.07 Å². The third kappa shape index (κ3) is 4.35. The predicted molar refractivity (Wildman–Crippen MR) is 133 cm³/mol. The first-order valence-corrected chi connectivity index (χ1v) is 12.9. The molecule has 3 N–H and O–H groups in total. The van der Waals surface area contributed by atoms with Crippen LogP contribution < -0.4 is 14.9 Å². The van der Waals surface area contributed by atoms with E-state index in [2.05, 4.69) is 22.5 Å². The Hall–Kier alpha value is -3.13. The maximum Gasteiger partial charge on any atom is 0.325 e. The van der Waals surface area contributed by atoms with Crippen LogP contribution in [0, 0.1) is 0 Å². The minimum absolute atomic E-state index is 0.242. The van der Waals surface area contributed by atoms with Gasteiger partial charge in [-0.2, -0.15) is 5.10 Å². The van der Waals surface area contributed by atoms with E-state index in [1.807, 2.05) is 29.8 Å². The highest BCUT2D eigenvalue weighted by Crippen LogP contribution is 2.39. The van der Waals surface area contributed by atoms with E-state index in [0.29, 0.717) is 5.92 Å². The van der Waals surface area contributed by atoms with Crippen molar-refractivity contribution in [3.05, 3.63) is 47.9 Å². The van der Waals surface area contributed by atoms with E-state index in [1.165, 1.54) is 0 Å². The molecular weight excluding hydrogens is 442 g/mol. The quantitative estimate of drug-likeness (QED) is 0.380. The third-order valence-electron chi connectivity index (χ3n) is 7.96. The molecule has 6 rings (SSSR count). The van der Waals surface area contributed by atoms with Crippen molar-refractivity contribution in [2.75, 3.05) is 23.3 Å². The fourth-order valence-electron chi connectivity index (χ4n) is 5.64. The van der Waals surface area contributed by atoms with Gasteiger partial charge in [-0.25, -0.2) is 0 Å². The number of hydrogen-bond donors (Lipinski definition) is 3. The van der Waals surface area contributed by atoms with Gasteiger partial charge in [0.25, 0.3) is 0 Å². The Kier molecular flexibility index (Phi) is 5.44. The highest BCUT2D eigenvalue weighted by atomic mass is 16.5. The highest BCUT2D eigenvalue weighted by molar-refractivity contribution is 6.05. The summed E-state index contributed by atoms with van der Waals surface area (Å²) < 4.78 is 3.09. The van der Waals surface area contributed by atoms with Gasteiger partial charge < -0.3 is 15.3 Å². The minimum atomic E-state index is -0.580. The van der Waals surface area contributed by atoms with Gasteiger partial charge in [0.05, 0.1) is 28.5 Å². The maximum absolute atomic E-state index is 13.3. The summed E-state index contributed by atoms with van der Waals surface area (Å²) in [5, 5.41) is 30.0. The van der Waals surface area contributed by atoms with E-state index >= 15 is 0 Å². The topological polar surface area (TPSA) is 94.5 Å². The molecule has 8 nitrogen and oxygen atoms in total. The van der Waals surface area contributed by atoms with Crippen LogP contribution in [0.1, 0.15) is 86.4 Å². The van der Waals surface area contributed by atoms with Gasteiger partial charge >= 0.3 is 11.6 Å². The second-order valence-electron chi connectivity index (χ2n) is 10.8. The van der Waals surface area contributed by atoms with Crippen molar-refractivity contribution in [3.63, 3.8) is 0 Å². The molecule has 3 aliphatic rings. The van der Waals surface area contributed by atoms with Gasteiger partial charge in [0.2, 0.25) is 5.69 Å². The van der Waals surface area contributed by atoms with Crippen molar-refractivity contribution in [1.29, 1.82) is 0 Å². The predicted octanol–water partition coefficient (Wildman–Crippen LogP) is 4.16. The number of aromatic nitrogens is 3. The fourth-order valence-corrected chi connectivity index (χ4v) is 5.64. The second kappa shape index (κ2) is 8.52. The zero-order chi connectivity index (χ0) is 24.2. The van der Waals surface area contributed by atoms with Gasteiger partial charge in [-0.3, -0.25) is 14.7 Å². The van der Waals surface area contributed by atoms with E-state index < -0.39 is 5.60 Å². The first-order valence-electron chi connectivity index (χ1n) is 12.9. The van der Waals surface area contributed by atoms with Gasteiger partial charge in [0.15, 0.2) is 0 Å². The molecule has 8 heteroatoms. The third-order valence-corrected chi connectivity index (χ3v) is 7.96. The SMILES string of the molecule is C[C@]1(O)CC[C@H](n2cc3cc(NC(=O)c4cccc(C5CC5)[n+]4O)c(N4CCCC4)cc3n2)CC1. The summed E-state index contributed by atoms with van der Waals surface area (Å²) in [5.41, 5.74) is 3.09. The van der Waals surface area contributed by atoms with Crippen LogP contribution in [-0.2, 0) is 0 Å². The molecule has 3 aromatic rings. The van der Waals surface area contributed by atoms with Crippen LogP contribution in [-0.4, -0.2) is 44.7 Å². The number of benzene rings is 1. The summed E-state index contributed by atoms with van der Waals surface area (Å²) in [6.45, 7) is 3.81. The number of aliphatic hydroxyl groups is 1. The second-order valence-corrected chi connectivity index (χ2v) is 10.8. The van der Waals surface area contributed by atoms with Crippen LogP contribution in [0.4, 0.5) is 11.4 Å². The number of nitrogens with zero attached hydrogens (tertiary/aromatic N) is 4. The summed E-state index contributed by atoms with van der Waals surface area (Å²) in [4.78, 5) is 15.6. The average Bonchev–Trinajstić information content (AvgIpc) is 3.35. The number of amides is 1. The van der Waals surface area contributed by atoms with Gasteiger partial charge in [-0.15, -0.1) is 0 Å². The standard InChI is InChI=1S/C27H33N5O3/c1-27(34)11-9-20(10-12-27)31-17-19-15-22(25(16-21(19)29-31)30-13-2-3-14-30)28-26(33)24-6-4-5-23(32(24)35)18-7-8-18/h4-6,15-18,20,34H,2-3,7-14H2,1H3,(H-,28,33,35)/p+1/t20-,27-. The molecule has 184 valence electrons. The number of hydrogen-bond acceptors (Lipinski definition) is 5. The van der Waals surface area contributed by atoms with E-state index in [-0.39, 0.29) is 17.6 Å². The Morgan fingerprint density at radius 1 is 1.14 bits per heavy atom. The summed E-state index contributed by atoms with van der Waals surface area (Å²) in [6.07, 6.45) is 9.75. The van der Waals surface area contributed by atoms with Crippen LogP contribution in [0.25, 0.3) is 10.9 Å². The summed E-state index contributed by atoms with van der Waals surface area (Å²) >= 11 is 0. The average molecular weight is 477 g/mol. The summed E-state index contributed by atoms with van der Waals surface area (Å²) in [7, 11) is 0. The molecule has 2 aromatic heterocycles. The number of carbonyl (C=O) groups is 1. The fraction of sp³-hybridized carbons (Fsp3) is 0.519. The molecule has 0 atom stereocenters. The minimum Gasteiger partial charge on any atom is -0.390 e. The number of carbonyl (C=O) groups excluding carboxylic acids is 1. The number of pyridine rings is 1. The molecule has 1 amide bonds. The molecule has 1 saturated heterocycles. The Morgan fingerprint density at radius 3 is 2.60 bits per heavy atom. The van der Waals surface area contributed by atoms with Gasteiger partial charge in [0.1, 0.15) is 0 Å². The normalized spacial score (nSPS) is 24.7. The zero-order valence-electron chi connectivity index (χ0n) is 20.3. The number of fused-ring (bicyclic) bond motifs is 1. The van der Waals surface area contributed by atoms with Crippen molar-refractivity contribution in [3.8, 4) is 0 Å². The Bertz CT molecular complexity index is 1260. The lowest BCUT2D eigenvalue weighted by Crippen LogP contribution is -2.43. The molecular formula is C27H34N5O3+. The molecule has 0 unspecified atom stereocenters. The lowest BCUT2D eigenvalue weighted by Gasteiger charge is -2.33. The molecule has 0 bridgehead atoms. The smallest absolute Gasteiger partial charge is 0.325 e. The van der Waals surface area contributed by atoms with Crippen molar-refractivity contribution < 1.29 is 19.8 Å². The lowest BCUT2D eigenvalue weighted by molar-refractivity contribution is -0.910. The summed E-state index contributed by atoms with van der Waals surface area (Å²) in [6, 6.07) is 9.75. The molecule has 1 aliphatic heterocycles. The number of anilines is 2. The van der Waals surface area contributed by atoms with Gasteiger partial charge in [0, 0.05) is 47.5 Å². The Morgan fingerprint density at radius 2 is 1.89 bits per heavy atom. The molecule has 3 heterocycles. The number of rotatable bonds is 5. The van der Waals surface area contributed by atoms with Crippen molar-refractivity contribution in [2.45, 2.75) is 75.9 Å². The molecule has 0 radical (unpaired) electrons. The van der Waals surface area contributed by atoms with Crippen LogP contribution in [0.15, 0.2) is 36.5 Å². The number of nitrogens with one attached hydrogen (secondary N) is 1. The van der Waals surface area contributed by atoms with Crippen molar-refractivity contribution in [1.82, 2.24) is 9.78 Å². The molecule has 3 fully saturated rings. The maximum atomic E-state index is 13.3. The largest absolute Gasteiger partial charge is 0.390 e. The Balaban J connectivity index is 1.33. The molecule has 2 saturated carbocycles. The first-order chi connectivity index (χ1) is 16.9. The molecule has 0 spiro atoms. The molecule has 35 heavy (non-hydrogen) atoms. The molecule has 1 aromatic carbocycles. The van der Waals surface area contributed by atoms with Crippen molar-refractivity contribution >= 4 is 28.2 Å². The summed E-state index contributed by atoms with van der Waals surface area (Å²) in [5.74, 6) is 0.00953. The van der Waals surface area contributed by atoms with Crippen LogP contribution in [0.2, 0.25) is 0 Å². The monoisotopic (exact) mass is 476 g/mol. The van der Waals surface area contributed by atoms with Crippen LogP contribution >= 0.6 is 0 Å². The van der Waals surface area contributed by atoms with Crippen LogP contribution in [0.3, 0.4) is 0 Å². The molecule has 2 aliphatic carbocycles. The van der Waals surface area contributed by atoms with Crippen LogP contribution in [0.5, 0.6) is 0 Å². The van der Waals surface area contributed by atoms with Crippen molar-refractivity contribution in [2.24, 2.45) is 0 Å². The van der Waals surface area contributed by atoms with E-state index in [0.717, 1.165) is 97.2 Å². The van der Waals surface area contributed by atoms with Gasteiger partial charge in [-0.05, 0) is 76.5 Å². The lowest BCUT2D eigenvalue weighted by atomic mass is 9.84. The highest BCUT2D eigenvalue weighted by Gasteiger charge is 2.36. The zero-order valence-corrected chi connectivity index (χ0v) is 20.3. The van der Waals surface area contributed by atoms with E-state index in [9.17, 15) is 15.1 Å². The van der Waals surface area contributed by atoms with Gasteiger partial charge in [-0.1, -0.05) is 0 Å². The van der Waals surface area contributed by atoms with E-state index in [4.69, 9.17) is 5.10 Å².